The lowest BCUT2D eigenvalue weighted by Crippen LogP contribution is -2.44. The normalized spacial score (nSPS) is 10.0. The van der Waals surface area contributed by atoms with Crippen LogP contribution in [0, 0.1) is 0 Å². The summed E-state index contributed by atoms with van der Waals surface area (Å²) in [5.74, 6) is 0.894. The van der Waals surface area contributed by atoms with Gasteiger partial charge >= 0.3 is 0 Å². The van der Waals surface area contributed by atoms with Crippen molar-refractivity contribution < 1.29 is 9.53 Å². The van der Waals surface area contributed by atoms with E-state index in [-0.39, 0.29) is 16.8 Å². The molecule has 0 heterocycles. The minimum Gasteiger partial charge on any atom is -0.494 e. The maximum Gasteiger partial charge on any atom is 0.248 e. The zero-order chi connectivity index (χ0) is 18.1. The van der Waals surface area contributed by atoms with Crippen molar-refractivity contribution in [2.45, 2.75) is 11.8 Å². The number of hydrogen-bond donors (Lipinski definition) is 3. The molecule has 25 heavy (non-hydrogen) atoms. The molecule has 2 aromatic rings. The zero-order valence-corrected chi connectivity index (χ0v) is 15.9. The first kappa shape index (κ1) is 19.4. The van der Waals surface area contributed by atoms with E-state index in [1.54, 1.807) is 18.2 Å². The molecule has 0 spiro atoms. The van der Waals surface area contributed by atoms with Crippen LogP contribution in [0.2, 0.25) is 5.02 Å². The van der Waals surface area contributed by atoms with Crippen LogP contribution in [-0.4, -0.2) is 23.4 Å². The summed E-state index contributed by atoms with van der Waals surface area (Å²) in [6.07, 6.45) is 0. The molecule has 0 atom stereocenters. The number of nitrogens with one attached hydrogen (secondary N) is 3. The van der Waals surface area contributed by atoms with Crippen molar-refractivity contribution in [2.75, 3.05) is 17.7 Å². The molecule has 3 N–H and O–H groups in total. The van der Waals surface area contributed by atoms with Gasteiger partial charge in [0.15, 0.2) is 5.11 Å². The average Bonchev–Trinajstić information content (AvgIpc) is 2.60. The molecule has 0 aromatic heterocycles. The monoisotopic (exact) mass is 395 g/mol. The standard InChI is InChI=1S/C17H18ClN3O2S2/c1-2-23-14-6-8-15(9-7-14)25-11-16(22)20-21-17(24)19-13-5-3-4-12(18)10-13/h3-10H,2,11H2,1H3,(H,20,22)(H2,19,21,24). The summed E-state index contributed by atoms with van der Waals surface area (Å²) in [4.78, 5) is 12.9. The maximum absolute atomic E-state index is 11.9. The number of hydrogen-bond acceptors (Lipinski definition) is 4. The lowest BCUT2D eigenvalue weighted by atomic mass is 10.3. The molecule has 0 aliphatic rings. The summed E-state index contributed by atoms with van der Waals surface area (Å²) >= 11 is 12.4. The van der Waals surface area contributed by atoms with Crippen LogP contribution in [-0.2, 0) is 4.79 Å². The highest BCUT2D eigenvalue weighted by atomic mass is 35.5. The van der Waals surface area contributed by atoms with Gasteiger partial charge in [0.2, 0.25) is 5.91 Å². The first-order chi connectivity index (χ1) is 12.1. The summed E-state index contributed by atoms with van der Waals surface area (Å²) < 4.78 is 5.38. The van der Waals surface area contributed by atoms with Crippen molar-refractivity contribution in [3.63, 3.8) is 0 Å². The summed E-state index contributed by atoms with van der Waals surface area (Å²) in [7, 11) is 0. The fourth-order valence-electron chi connectivity index (χ4n) is 1.84. The molecule has 0 unspecified atom stereocenters. The predicted molar refractivity (Wildman–Crippen MR) is 107 cm³/mol. The summed E-state index contributed by atoms with van der Waals surface area (Å²) in [5, 5.41) is 3.81. The Morgan fingerprint density at radius 1 is 1.20 bits per heavy atom. The molecule has 0 bridgehead atoms. The van der Waals surface area contributed by atoms with Crippen LogP contribution in [0.3, 0.4) is 0 Å². The van der Waals surface area contributed by atoms with E-state index >= 15 is 0 Å². The number of amides is 1. The van der Waals surface area contributed by atoms with E-state index in [1.807, 2.05) is 37.3 Å². The van der Waals surface area contributed by atoms with Gasteiger partial charge in [0.1, 0.15) is 5.75 Å². The van der Waals surface area contributed by atoms with Crippen LogP contribution in [0.4, 0.5) is 5.69 Å². The van der Waals surface area contributed by atoms with E-state index < -0.39 is 0 Å². The molecule has 8 heteroatoms. The van der Waals surface area contributed by atoms with E-state index in [0.717, 1.165) is 16.3 Å². The van der Waals surface area contributed by atoms with Gasteiger partial charge in [-0.1, -0.05) is 17.7 Å². The van der Waals surface area contributed by atoms with Crippen LogP contribution < -0.4 is 20.9 Å². The largest absolute Gasteiger partial charge is 0.494 e. The van der Waals surface area contributed by atoms with Crippen molar-refractivity contribution in [2.24, 2.45) is 0 Å². The molecule has 0 aliphatic carbocycles. The van der Waals surface area contributed by atoms with Crippen molar-refractivity contribution in [3.8, 4) is 5.75 Å². The number of anilines is 1. The van der Waals surface area contributed by atoms with Gasteiger partial charge in [-0.3, -0.25) is 15.6 Å². The summed E-state index contributed by atoms with van der Waals surface area (Å²) in [6.45, 7) is 2.56. The number of halogens is 1. The van der Waals surface area contributed by atoms with Crippen molar-refractivity contribution in [3.05, 3.63) is 53.6 Å². The van der Waals surface area contributed by atoms with E-state index in [2.05, 4.69) is 16.2 Å². The van der Waals surface area contributed by atoms with Crippen LogP contribution in [0.1, 0.15) is 6.92 Å². The van der Waals surface area contributed by atoms with E-state index in [0.29, 0.717) is 11.6 Å². The van der Waals surface area contributed by atoms with E-state index in [9.17, 15) is 4.79 Å². The molecule has 2 aromatic carbocycles. The average molecular weight is 396 g/mol. The number of thiocarbonyl (C=S) groups is 1. The number of carbonyl (C=O) groups is 1. The highest BCUT2D eigenvalue weighted by molar-refractivity contribution is 8.00. The highest BCUT2D eigenvalue weighted by Crippen LogP contribution is 2.21. The van der Waals surface area contributed by atoms with E-state index in [4.69, 9.17) is 28.6 Å². The number of rotatable bonds is 6. The highest BCUT2D eigenvalue weighted by Gasteiger charge is 2.04. The Balaban J connectivity index is 1.70. The van der Waals surface area contributed by atoms with Crippen LogP contribution >= 0.6 is 35.6 Å². The Kier molecular flexibility index (Phi) is 7.84. The van der Waals surface area contributed by atoms with Crippen LogP contribution in [0.15, 0.2) is 53.4 Å². The molecule has 1 amide bonds. The van der Waals surface area contributed by atoms with Gasteiger partial charge in [-0.15, -0.1) is 11.8 Å². The first-order valence-corrected chi connectivity index (χ1v) is 9.31. The third kappa shape index (κ3) is 7.21. The Bertz CT molecular complexity index is 726. The van der Waals surface area contributed by atoms with Gasteiger partial charge < -0.3 is 10.1 Å². The molecular weight excluding hydrogens is 378 g/mol. The second kappa shape index (κ2) is 10.1. The van der Waals surface area contributed by atoms with Gasteiger partial charge in [0.25, 0.3) is 0 Å². The quantitative estimate of drug-likeness (QED) is 0.392. The van der Waals surface area contributed by atoms with Crippen LogP contribution in [0.25, 0.3) is 0 Å². The minimum atomic E-state index is -0.186. The molecule has 0 saturated heterocycles. The van der Waals surface area contributed by atoms with Crippen LogP contribution in [0.5, 0.6) is 5.75 Å². The zero-order valence-electron chi connectivity index (χ0n) is 13.5. The molecule has 2 rings (SSSR count). The minimum absolute atomic E-state index is 0.186. The Morgan fingerprint density at radius 2 is 1.96 bits per heavy atom. The van der Waals surface area contributed by atoms with Crippen molar-refractivity contribution >= 4 is 52.3 Å². The summed E-state index contributed by atoms with van der Waals surface area (Å²) in [6, 6.07) is 14.7. The predicted octanol–water partition coefficient (Wildman–Crippen LogP) is 3.85. The molecule has 5 nitrogen and oxygen atoms in total. The Hall–Kier alpha value is -1.96. The molecule has 0 fully saturated rings. The molecule has 132 valence electrons. The molecule has 0 saturated carbocycles. The van der Waals surface area contributed by atoms with Crippen molar-refractivity contribution in [1.29, 1.82) is 0 Å². The van der Waals surface area contributed by atoms with Gasteiger partial charge in [-0.05, 0) is 61.6 Å². The lowest BCUT2D eigenvalue weighted by Gasteiger charge is -2.11. The molecule has 0 aliphatic heterocycles. The maximum atomic E-state index is 11.9. The molecule has 0 radical (unpaired) electrons. The number of hydrazine groups is 1. The lowest BCUT2D eigenvalue weighted by molar-refractivity contribution is -0.119. The van der Waals surface area contributed by atoms with Gasteiger partial charge in [-0.2, -0.15) is 0 Å². The number of ether oxygens (including phenoxy) is 1. The fourth-order valence-corrected chi connectivity index (χ4v) is 2.90. The third-order valence-corrected chi connectivity index (χ3v) is 4.35. The van der Waals surface area contributed by atoms with Crippen molar-refractivity contribution in [1.82, 2.24) is 10.9 Å². The SMILES string of the molecule is CCOc1ccc(SCC(=O)NNC(=S)Nc2cccc(Cl)c2)cc1. The second-order valence-corrected chi connectivity index (χ2v) is 6.72. The number of thioether (sulfide) groups is 1. The van der Waals surface area contributed by atoms with E-state index in [1.165, 1.54) is 11.8 Å². The Labute approximate surface area is 161 Å². The smallest absolute Gasteiger partial charge is 0.248 e. The van der Waals surface area contributed by atoms with Gasteiger partial charge in [-0.25, -0.2) is 0 Å². The number of benzene rings is 2. The summed E-state index contributed by atoms with van der Waals surface area (Å²) in [5.41, 5.74) is 5.94. The fraction of sp³-hybridized carbons (Fsp3) is 0.176. The Morgan fingerprint density at radius 3 is 2.64 bits per heavy atom. The topological polar surface area (TPSA) is 62.4 Å². The van der Waals surface area contributed by atoms with Gasteiger partial charge in [0, 0.05) is 15.6 Å². The number of carbonyl (C=O) groups excluding carboxylic acids is 1. The first-order valence-electron chi connectivity index (χ1n) is 7.54. The van der Waals surface area contributed by atoms with Gasteiger partial charge in [0.05, 0.1) is 12.4 Å². The third-order valence-electron chi connectivity index (χ3n) is 2.90. The molecular formula is C17H18ClN3O2S2. The second-order valence-electron chi connectivity index (χ2n) is 4.83.